The van der Waals surface area contributed by atoms with Crippen LogP contribution in [0.25, 0.3) is 0 Å². The van der Waals surface area contributed by atoms with Crippen LogP contribution in [0.4, 0.5) is 10.1 Å². The van der Waals surface area contributed by atoms with E-state index in [4.69, 9.17) is 28.9 Å². The van der Waals surface area contributed by atoms with Crippen molar-refractivity contribution in [3.63, 3.8) is 0 Å². The molecule has 0 aromatic heterocycles. The number of hydrogen-bond acceptors (Lipinski definition) is 2. The highest BCUT2D eigenvalue weighted by atomic mass is 35.5. The molecule has 2 rings (SSSR count). The first-order valence-electron chi connectivity index (χ1n) is 5.04. The molecule has 0 heterocycles. The van der Waals surface area contributed by atoms with E-state index in [-0.39, 0.29) is 15.6 Å². The molecule has 0 unspecified atom stereocenters. The predicted molar refractivity (Wildman–Crippen MR) is 70.7 cm³/mol. The minimum atomic E-state index is -0.524. The highest BCUT2D eigenvalue weighted by Gasteiger charge is 2.14. The second-order valence-corrected chi connectivity index (χ2v) is 4.50. The molecule has 0 spiro atoms. The van der Waals surface area contributed by atoms with Crippen molar-refractivity contribution in [1.29, 1.82) is 0 Å². The van der Waals surface area contributed by atoms with Crippen LogP contribution in [-0.4, -0.2) is 5.78 Å². The van der Waals surface area contributed by atoms with E-state index in [9.17, 15) is 9.18 Å². The molecule has 0 saturated carbocycles. The molecule has 0 radical (unpaired) electrons. The number of hydrogen-bond donors (Lipinski definition) is 1. The quantitative estimate of drug-likeness (QED) is 0.670. The Balaban J connectivity index is 2.47. The lowest BCUT2D eigenvalue weighted by molar-refractivity contribution is 0.103. The second kappa shape index (κ2) is 4.96. The lowest BCUT2D eigenvalue weighted by Gasteiger charge is -2.05. The van der Waals surface area contributed by atoms with Gasteiger partial charge in [-0.25, -0.2) is 4.39 Å². The average molecular weight is 284 g/mol. The summed E-state index contributed by atoms with van der Waals surface area (Å²) < 4.78 is 13.1. The minimum absolute atomic E-state index is 0.0949. The molecule has 92 valence electrons. The maximum atomic E-state index is 13.1. The third-order valence-corrected chi connectivity index (χ3v) is 3.09. The Morgan fingerprint density at radius 3 is 2.44 bits per heavy atom. The molecule has 0 bridgehead atoms. The minimum Gasteiger partial charge on any atom is -0.398 e. The summed E-state index contributed by atoms with van der Waals surface area (Å²) in [6.45, 7) is 0. The molecule has 0 aliphatic carbocycles. The van der Waals surface area contributed by atoms with Gasteiger partial charge < -0.3 is 5.73 Å². The summed E-state index contributed by atoms with van der Waals surface area (Å²) in [7, 11) is 0. The first-order chi connectivity index (χ1) is 8.49. The zero-order valence-corrected chi connectivity index (χ0v) is 10.6. The fraction of sp³-hybridized carbons (Fsp3) is 0. The first-order valence-corrected chi connectivity index (χ1v) is 5.79. The third-order valence-electron chi connectivity index (χ3n) is 2.44. The zero-order valence-electron chi connectivity index (χ0n) is 9.08. The van der Waals surface area contributed by atoms with Gasteiger partial charge in [0.05, 0.1) is 15.7 Å². The Morgan fingerprint density at radius 1 is 1.06 bits per heavy atom. The van der Waals surface area contributed by atoms with Gasteiger partial charge in [-0.05, 0) is 36.4 Å². The van der Waals surface area contributed by atoms with Gasteiger partial charge in [0.25, 0.3) is 0 Å². The van der Waals surface area contributed by atoms with Crippen molar-refractivity contribution < 1.29 is 9.18 Å². The van der Waals surface area contributed by atoms with Crippen LogP contribution in [0, 0.1) is 5.82 Å². The van der Waals surface area contributed by atoms with Gasteiger partial charge in [0.2, 0.25) is 0 Å². The smallest absolute Gasteiger partial charge is 0.194 e. The van der Waals surface area contributed by atoms with Crippen LogP contribution in [0.15, 0.2) is 36.4 Å². The molecular formula is C13H8Cl2FNO. The van der Waals surface area contributed by atoms with Crippen LogP contribution in [-0.2, 0) is 0 Å². The molecule has 0 amide bonds. The Labute approximate surface area is 113 Å². The molecule has 2 nitrogen and oxygen atoms in total. The maximum Gasteiger partial charge on any atom is 0.194 e. The van der Waals surface area contributed by atoms with Gasteiger partial charge in [0.15, 0.2) is 5.78 Å². The standard InChI is InChI=1S/C13H8Cl2FNO/c14-10-3-2-8(16)6-9(10)13(18)7-1-4-12(17)11(15)5-7/h1-6H,17H2. The van der Waals surface area contributed by atoms with Crippen LogP contribution in [0.2, 0.25) is 10.0 Å². The summed E-state index contributed by atoms with van der Waals surface area (Å²) in [6, 6.07) is 8.08. The van der Waals surface area contributed by atoms with E-state index in [2.05, 4.69) is 0 Å². The summed E-state index contributed by atoms with van der Waals surface area (Å²) in [5.74, 6) is -0.925. The normalized spacial score (nSPS) is 10.4. The summed E-state index contributed by atoms with van der Waals surface area (Å²) >= 11 is 11.7. The van der Waals surface area contributed by atoms with Crippen LogP contribution >= 0.6 is 23.2 Å². The van der Waals surface area contributed by atoms with Crippen molar-refractivity contribution in [1.82, 2.24) is 0 Å². The lowest BCUT2D eigenvalue weighted by Crippen LogP contribution is -2.03. The summed E-state index contributed by atoms with van der Waals surface area (Å²) in [4.78, 5) is 12.1. The van der Waals surface area contributed by atoms with E-state index in [0.717, 1.165) is 6.07 Å². The molecule has 2 aromatic rings. The fourth-order valence-corrected chi connectivity index (χ4v) is 1.88. The lowest BCUT2D eigenvalue weighted by atomic mass is 10.0. The average Bonchev–Trinajstić information content (AvgIpc) is 2.35. The number of benzene rings is 2. The van der Waals surface area contributed by atoms with Gasteiger partial charge in [0.1, 0.15) is 5.82 Å². The highest BCUT2D eigenvalue weighted by Crippen LogP contribution is 2.24. The predicted octanol–water partition coefficient (Wildman–Crippen LogP) is 3.95. The van der Waals surface area contributed by atoms with Gasteiger partial charge in [-0.3, -0.25) is 4.79 Å². The number of carbonyl (C=O) groups is 1. The van der Waals surface area contributed by atoms with Gasteiger partial charge in [0, 0.05) is 11.1 Å². The Morgan fingerprint density at radius 2 is 1.78 bits per heavy atom. The van der Waals surface area contributed by atoms with Gasteiger partial charge in [-0.15, -0.1) is 0 Å². The maximum absolute atomic E-state index is 13.1. The van der Waals surface area contributed by atoms with E-state index in [0.29, 0.717) is 11.3 Å². The van der Waals surface area contributed by atoms with Crippen molar-refractivity contribution in [2.24, 2.45) is 0 Å². The summed E-state index contributed by atoms with van der Waals surface area (Å²) in [5, 5.41) is 0.461. The van der Waals surface area contributed by atoms with E-state index >= 15 is 0 Å². The monoisotopic (exact) mass is 283 g/mol. The number of rotatable bonds is 2. The molecule has 5 heteroatoms. The number of nitrogens with two attached hydrogens (primary N) is 1. The van der Waals surface area contributed by atoms with Crippen molar-refractivity contribution in [2.45, 2.75) is 0 Å². The van der Waals surface area contributed by atoms with Gasteiger partial charge in [-0.2, -0.15) is 0 Å². The molecule has 0 aliphatic heterocycles. The fourth-order valence-electron chi connectivity index (χ4n) is 1.50. The molecule has 0 saturated heterocycles. The molecule has 2 aromatic carbocycles. The van der Waals surface area contributed by atoms with Crippen molar-refractivity contribution in [3.05, 3.63) is 63.4 Å². The van der Waals surface area contributed by atoms with Gasteiger partial charge in [-0.1, -0.05) is 23.2 Å². The number of halogens is 3. The SMILES string of the molecule is Nc1ccc(C(=O)c2cc(F)ccc2Cl)cc1Cl. The molecule has 0 aliphatic rings. The topological polar surface area (TPSA) is 43.1 Å². The van der Waals surface area contributed by atoms with Crippen LogP contribution in [0.1, 0.15) is 15.9 Å². The Kier molecular flexibility index (Phi) is 3.55. The van der Waals surface area contributed by atoms with Crippen molar-refractivity contribution >= 4 is 34.7 Å². The summed E-state index contributed by atoms with van der Waals surface area (Å²) in [5.41, 5.74) is 6.33. The van der Waals surface area contributed by atoms with E-state index in [1.165, 1.54) is 30.3 Å². The number of anilines is 1. The van der Waals surface area contributed by atoms with Crippen LogP contribution in [0.5, 0.6) is 0 Å². The first kappa shape index (κ1) is 12.9. The molecule has 18 heavy (non-hydrogen) atoms. The Hall–Kier alpha value is -1.58. The molecule has 0 fully saturated rings. The highest BCUT2D eigenvalue weighted by molar-refractivity contribution is 6.36. The third kappa shape index (κ3) is 2.47. The molecule has 0 atom stereocenters. The van der Waals surface area contributed by atoms with Crippen molar-refractivity contribution in [2.75, 3.05) is 5.73 Å². The number of carbonyl (C=O) groups excluding carboxylic acids is 1. The number of nitrogen functional groups attached to an aromatic ring is 1. The van der Waals surface area contributed by atoms with Crippen molar-refractivity contribution in [3.8, 4) is 0 Å². The zero-order chi connectivity index (χ0) is 13.3. The molecule has 2 N–H and O–H groups in total. The number of ketones is 1. The molecular weight excluding hydrogens is 276 g/mol. The largest absolute Gasteiger partial charge is 0.398 e. The van der Waals surface area contributed by atoms with E-state index in [1.54, 1.807) is 0 Å². The van der Waals surface area contributed by atoms with Gasteiger partial charge >= 0.3 is 0 Å². The van der Waals surface area contributed by atoms with E-state index < -0.39 is 11.6 Å². The van der Waals surface area contributed by atoms with Crippen LogP contribution in [0.3, 0.4) is 0 Å². The van der Waals surface area contributed by atoms with E-state index in [1.807, 2.05) is 0 Å². The second-order valence-electron chi connectivity index (χ2n) is 3.69. The summed E-state index contributed by atoms with van der Waals surface area (Å²) in [6.07, 6.45) is 0. The van der Waals surface area contributed by atoms with Crippen LogP contribution < -0.4 is 5.73 Å². The Bertz CT molecular complexity index is 628.